The molecule has 6 aromatic carbocycles. The lowest BCUT2D eigenvalue weighted by Crippen LogP contribution is -2.30. The number of H-pyrrole nitrogens is 1. The minimum absolute atomic E-state index is 0.146. The van der Waals surface area contributed by atoms with E-state index in [9.17, 15) is 0 Å². The standard InChI is InChI=1S/C40H29N3S/c1-40(2)31-15-9-10-16-36(31)43(28-13-7-4-8-14-28)37-20-18-27(22-32(37)40)26-17-19-33-29(21-26)30-23-38-35(24-34(30)41-33)42-39(44-38)25-11-5-3-6-12-25/h3-24,41H,1-2H3. The molecule has 1 N–H and O–H groups in total. The molecule has 210 valence electrons. The third-order valence-corrected chi connectivity index (χ3v) is 10.3. The van der Waals surface area contributed by atoms with Gasteiger partial charge in [-0.25, -0.2) is 4.98 Å². The first-order chi connectivity index (χ1) is 21.5. The van der Waals surface area contributed by atoms with Crippen LogP contribution in [0.25, 0.3) is 53.7 Å². The molecule has 0 aliphatic carbocycles. The van der Waals surface area contributed by atoms with Gasteiger partial charge in [0.25, 0.3) is 0 Å². The number of nitrogens with one attached hydrogen (secondary N) is 1. The molecule has 0 atom stereocenters. The largest absolute Gasteiger partial charge is 0.354 e. The number of aromatic amines is 1. The Morgan fingerprint density at radius 2 is 1.27 bits per heavy atom. The molecule has 3 nitrogen and oxygen atoms in total. The molecular formula is C40H29N3S. The van der Waals surface area contributed by atoms with Crippen LogP contribution in [0.1, 0.15) is 25.0 Å². The van der Waals surface area contributed by atoms with Crippen molar-refractivity contribution >= 4 is 60.4 Å². The predicted molar refractivity (Wildman–Crippen MR) is 187 cm³/mol. The van der Waals surface area contributed by atoms with E-state index in [1.807, 2.05) is 6.07 Å². The van der Waals surface area contributed by atoms with E-state index in [1.165, 1.54) is 54.8 Å². The zero-order chi connectivity index (χ0) is 29.4. The van der Waals surface area contributed by atoms with Crippen LogP contribution < -0.4 is 4.90 Å². The number of fused-ring (bicyclic) bond motifs is 6. The Kier molecular flexibility index (Phi) is 5.41. The highest BCUT2D eigenvalue weighted by Crippen LogP contribution is 2.52. The number of hydrogen-bond donors (Lipinski definition) is 1. The van der Waals surface area contributed by atoms with Crippen LogP contribution >= 0.6 is 11.3 Å². The maximum Gasteiger partial charge on any atom is 0.124 e. The molecule has 0 spiro atoms. The summed E-state index contributed by atoms with van der Waals surface area (Å²) in [5.41, 5.74) is 13.1. The Morgan fingerprint density at radius 1 is 0.591 bits per heavy atom. The Labute approximate surface area is 260 Å². The summed E-state index contributed by atoms with van der Waals surface area (Å²) in [6, 6.07) is 48.3. The summed E-state index contributed by atoms with van der Waals surface area (Å²) >= 11 is 1.76. The van der Waals surface area contributed by atoms with Crippen molar-refractivity contribution in [2.24, 2.45) is 0 Å². The summed E-state index contributed by atoms with van der Waals surface area (Å²) in [7, 11) is 0. The second-order valence-corrected chi connectivity index (χ2v) is 13.2. The Bertz CT molecular complexity index is 2360. The van der Waals surface area contributed by atoms with E-state index in [-0.39, 0.29) is 5.41 Å². The van der Waals surface area contributed by atoms with Crippen molar-refractivity contribution in [3.05, 3.63) is 145 Å². The number of nitrogens with zero attached hydrogens (tertiary/aromatic N) is 2. The van der Waals surface area contributed by atoms with Gasteiger partial charge in [-0.05, 0) is 76.9 Å². The van der Waals surface area contributed by atoms with E-state index in [4.69, 9.17) is 4.98 Å². The third-order valence-electron chi connectivity index (χ3n) is 9.20. The van der Waals surface area contributed by atoms with Crippen LogP contribution in [0.15, 0.2) is 133 Å². The zero-order valence-electron chi connectivity index (χ0n) is 24.5. The molecule has 0 saturated heterocycles. The van der Waals surface area contributed by atoms with E-state index in [0.29, 0.717) is 0 Å². The van der Waals surface area contributed by atoms with Gasteiger partial charge < -0.3 is 9.88 Å². The molecule has 0 radical (unpaired) electrons. The SMILES string of the molecule is CC1(C)c2ccccc2N(c2ccccc2)c2ccc(-c3ccc4[nH]c5cc6nc(-c7ccccc7)sc6cc5c4c3)cc21. The lowest BCUT2D eigenvalue weighted by Gasteiger charge is -2.42. The van der Waals surface area contributed by atoms with Crippen molar-refractivity contribution in [1.82, 2.24) is 9.97 Å². The lowest BCUT2D eigenvalue weighted by molar-refractivity contribution is 0.632. The molecule has 0 saturated carbocycles. The maximum atomic E-state index is 4.96. The highest BCUT2D eigenvalue weighted by molar-refractivity contribution is 7.21. The topological polar surface area (TPSA) is 31.9 Å². The highest BCUT2D eigenvalue weighted by atomic mass is 32.1. The molecule has 8 aromatic rings. The molecule has 0 amide bonds. The van der Waals surface area contributed by atoms with Gasteiger partial charge in [0.05, 0.1) is 21.6 Å². The van der Waals surface area contributed by atoms with Gasteiger partial charge in [-0.15, -0.1) is 11.3 Å². The highest BCUT2D eigenvalue weighted by Gasteiger charge is 2.36. The normalized spacial score (nSPS) is 13.8. The number of thiazole rings is 1. The van der Waals surface area contributed by atoms with Gasteiger partial charge in [-0.1, -0.05) is 92.7 Å². The average molecular weight is 584 g/mol. The van der Waals surface area contributed by atoms with E-state index in [1.54, 1.807) is 11.3 Å². The van der Waals surface area contributed by atoms with Crippen molar-refractivity contribution in [1.29, 1.82) is 0 Å². The van der Waals surface area contributed by atoms with Crippen LogP contribution in [0.4, 0.5) is 17.1 Å². The molecule has 44 heavy (non-hydrogen) atoms. The third kappa shape index (κ3) is 3.78. The quantitative estimate of drug-likeness (QED) is 0.224. The average Bonchev–Trinajstić information content (AvgIpc) is 3.65. The number of rotatable bonds is 3. The molecule has 0 unspecified atom stereocenters. The fourth-order valence-electron chi connectivity index (χ4n) is 6.94. The smallest absolute Gasteiger partial charge is 0.124 e. The Morgan fingerprint density at radius 3 is 2.11 bits per heavy atom. The van der Waals surface area contributed by atoms with Crippen molar-refractivity contribution < 1.29 is 0 Å². The molecule has 4 heteroatoms. The second-order valence-electron chi connectivity index (χ2n) is 12.2. The number of benzene rings is 6. The van der Waals surface area contributed by atoms with E-state index in [0.717, 1.165) is 27.1 Å². The molecule has 2 aromatic heterocycles. The van der Waals surface area contributed by atoms with Crippen LogP contribution in [0.2, 0.25) is 0 Å². The summed E-state index contributed by atoms with van der Waals surface area (Å²) in [6.07, 6.45) is 0. The van der Waals surface area contributed by atoms with Gasteiger partial charge >= 0.3 is 0 Å². The van der Waals surface area contributed by atoms with Gasteiger partial charge in [-0.3, -0.25) is 0 Å². The molecule has 9 rings (SSSR count). The van der Waals surface area contributed by atoms with Gasteiger partial charge in [0.1, 0.15) is 5.01 Å². The maximum absolute atomic E-state index is 4.96. The minimum Gasteiger partial charge on any atom is -0.354 e. The van der Waals surface area contributed by atoms with Gasteiger partial charge in [0.15, 0.2) is 0 Å². The number of hydrogen-bond acceptors (Lipinski definition) is 3. The Balaban J connectivity index is 1.18. The molecular weight excluding hydrogens is 555 g/mol. The summed E-state index contributed by atoms with van der Waals surface area (Å²) in [5.74, 6) is 0. The first-order valence-electron chi connectivity index (χ1n) is 15.1. The first kappa shape index (κ1) is 25.3. The monoisotopic (exact) mass is 583 g/mol. The van der Waals surface area contributed by atoms with Crippen LogP contribution in [0.3, 0.4) is 0 Å². The van der Waals surface area contributed by atoms with Crippen molar-refractivity contribution in [2.45, 2.75) is 19.3 Å². The molecule has 0 fully saturated rings. The summed E-state index contributed by atoms with van der Waals surface area (Å²) in [4.78, 5) is 11.0. The van der Waals surface area contributed by atoms with Crippen LogP contribution in [0, 0.1) is 0 Å². The summed E-state index contributed by atoms with van der Waals surface area (Å²) < 4.78 is 1.21. The van der Waals surface area contributed by atoms with Crippen molar-refractivity contribution in [3.8, 4) is 21.7 Å². The van der Waals surface area contributed by atoms with E-state index >= 15 is 0 Å². The van der Waals surface area contributed by atoms with Crippen LogP contribution in [-0.2, 0) is 5.41 Å². The van der Waals surface area contributed by atoms with Crippen LogP contribution in [-0.4, -0.2) is 9.97 Å². The Hall–Kier alpha value is -5.19. The molecule has 3 heterocycles. The number of aromatic nitrogens is 2. The molecule has 1 aliphatic heterocycles. The lowest BCUT2D eigenvalue weighted by atomic mass is 9.73. The fourth-order valence-corrected chi connectivity index (χ4v) is 7.94. The minimum atomic E-state index is -0.146. The van der Waals surface area contributed by atoms with Crippen molar-refractivity contribution in [2.75, 3.05) is 4.90 Å². The summed E-state index contributed by atoms with van der Waals surface area (Å²) in [6.45, 7) is 4.70. The number of para-hydroxylation sites is 2. The van der Waals surface area contributed by atoms with Crippen LogP contribution in [0.5, 0.6) is 0 Å². The van der Waals surface area contributed by atoms with E-state index < -0.39 is 0 Å². The summed E-state index contributed by atoms with van der Waals surface area (Å²) in [5, 5.41) is 3.53. The second kappa shape index (κ2) is 9.40. The van der Waals surface area contributed by atoms with Gasteiger partial charge in [-0.2, -0.15) is 0 Å². The van der Waals surface area contributed by atoms with Gasteiger partial charge in [0.2, 0.25) is 0 Å². The zero-order valence-corrected chi connectivity index (χ0v) is 25.3. The van der Waals surface area contributed by atoms with Gasteiger partial charge in [0, 0.05) is 38.5 Å². The molecule has 0 bridgehead atoms. The number of anilines is 3. The van der Waals surface area contributed by atoms with E-state index in [2.05, 4.69) is 151 Å². The predicted octanol–water partition coefficient (Wildman–Crippen LogP) is 11.4. The molecule has 1 aliphatic rings. The van der Waals surface area contributed by atoms with Crippen molar-refractivity contribution in [3.63, 3.8) is 0 Å². The fraction of sp³-hybridized carbons (Fsp3) is 0.0750. The first-order valence-corrected chi connectivity index (χ1v) is 15.9.